The number of ether oxygens (including phenoxy) is 1. The van der Waals surface area contributed by atoms with Gasteiger partial charge in [0.25, 0.3) is 11.6 Å². The number of nitro groups is 1. The van der Waals surface area contributed by atoms with Crippen molar-refractivity contribution < 1.29 is 19.2 Å². The number of carbonyl (C=O) groups excluding carboxylic acids is 2. The molecule has 1 heterocycles. The van der Waals surface area contributed by atoms with Crippen molar-refractivity contribution in [1.82, 2.24) is 9.80 Å². The molecule has 1 saturated heterocycles. The molecule has 9 heteroatoms. The molecular formula is C18H24ClN3O5. The van der Waals surface area contributed by atoms with Crippen LogP contribution in [0.4, 0.5) is 10.5 Å². The number of hydrogen-bond donors (Lipinski definition) is 0. The number of nitro benzene ring substituents is 1. The summed E-state index contributed by atoms with van der Waals surface area (Å²) in [6.07, 6.45) is -0.420. The molecule has 1 aliphatic rings. The molecule has 1 aromatic rings. The summed E-state index contributed by atoms with van der Waals surface area (Å²) < 4.78 is 5.40. The highest BCUT2D eigenvalue weighted by molar-refractivity contribution is 6.31. The van der Waals surface area contributed by atoms with Gasteiger partial charge < -0.3 is 14.5 Å². The first-order chi connectivity index (χ1) is 12.4. The van der Waals surface area contributed by atoms with Crippen molar-refractivity contribution in [3.63, 3.8) is 0 Å². The predicted molar refractivity (Wildman–Crippen MR) is 101 cm³/mol. The Hall–Kier alpha value is -2.35. The zero-order valence-electron chi connectivity index (χ0n) is 16.1. The molecule has 8 nitrogen and oxygen atoms in total. The molecular weight excluding hydrogens is 374 g/mol. The lowest BCUT2D eigenvalue weighted by Crippen LogP contribution is -2.56. The van der Waals surface area contributed by atoms with Crippen molar-refractivity contribution in [2.75, 3.05) is 19.6 Å². The molecule has 2 amide bonds. The molecule has 1 fully saturated rings. The Labute approximate surface area is 163 Å². The largest absolute Gasteiger partial charge is 0.444 e. The van der Waals surface area contributed by atoms with E-state index in [1.165, 1.54) is 19.1 Å². The van der Waals surface area contributed by atoms with Gasteiger partial charge in [0.1, 0.15) is 5.60 Å². The van der Waals surface area contributed by atoms with Crippen LogP contribution in [0.2, 0.25) is 5.02 Å². The molecule has 0 saturated carbocycles. The normalized spacial score (nSPS) is 17.6. The third-order valence-electron chi connectivity index (χ3n) is 4.31. The minimum atomic E-state index is -0.597. The van der Waals surface area contributed by atoms with Crippen LogP contribution < -0.4 is 0 Å². The van der Waals surface area contributed by atoms with Gasteiger partial charge in [-0.1, -0.05) is 11.6 Å². The molecule has 1 aliphatic heterocycles. The average molecular weight is 398 g/mol. The zero-order chi connectivity index (χ0) is 20.5. The van der Waals surface area contributed by atoms with Crippen LogP contribution >= 0.6 is 11.6 Å². The van der Waals surface area contributed by atoms with Crippen LogP contribution in [0.25, 0.3) is 0 Å². The van der Waals surface area contributed by atoms with Gasteiger partial charge in [-0.05, 0) is 40.7 Å². The number of hydrogen-bond acceptors (Lipinski definition) is 5. The number of carbonyl (C=O) groups is 2. The van der Waals surface area contributed by atoms with E-state index < -0.39 is 16.6 Å². The van der Waals surface area contributed by atoms with Crippen LogP contribution in [0.5, 0.6) is 0 Å². The van der Waals surface area contributed by atoms with E-state index in [9.17, 15) is 19.7 Å². The fourth-order valence-corrected chi connectivity index (χ4v) is 3.19. The van der Waals surface area contributed by atoms with Crippen molar-refractivity contribution in [1.29, 1.82) is 0 Å². The van der Waals surface area contributed by atoms with E-state index in [4.69, 9.17) is 16.3 Å². The number of nitrogens with zero attached hydrogens (tertiary/aromatic N) is 3. The van der Waals surface area contributed by atoms with Gasteiger partial charge in [0, 0.05) is 42.3 Å². The highest BCUT2D eigenvalue weighted by Gasteiger charge is 2.34. The van der Waals surface area contributed by atoms with Crippen LogP contribution in [0, 0.1) is 17.0 Å². The van der Waals surface area contributed by atoms with Crippen LogP contribution in [0.15, 0.2) is 12.1 Å². The average Bonchev–Trinajstić information content (AvgIpc) is 2.53. The van der Waals surface area contributed by atoms with Crippen LogP contribution in [-0.2, 0) is 4.74 Å². The van der Waals surface area contributed by atoms with Gasteiger partial charge in [0.2, 0.25) is 0 Å². The maximum atomic E-state index is 12.9. The summed E-state index contributed by atoms with van der Waals surface area (Å²) in [6, 6.07) is 2.43. The molecule has 1 atom stereocenters. The summed E-state index contributed by atoms with van der Waals surface area (Å²) in [5.41, 5.74) is -0.310. The number of piperazine rings is 1. The number of rotatable bonds is 2. The zero-order valence-corrected chi connectivity index (χ0v) is 16.9. The molecule has 0 unspecified atom stereocenters. The Balaban J connectivity index is 2.17. The van der Waals surface area contributed by atoms with Gasteiger partial charge in [-0.3, -0.25) is 14.9 Å². The highest BCUT2D eigenvalue weighted by Crippen LogP contribution is 2.28. The van der Waals surface area contributed by atoms with Crippen molar-refractivity contribution in [2.24, 2.45) is 0 Å². The van der Waals surface area contributed by atoms with E-state index in [-0.39, 0.29) is 33.8 Å². The lowest BCUT2D eigenvalue weighted by molar-refractivity contribution is -0.385. The maximum absolute atomic E-state index is 12.9. The third kappa shape index (κ3) is 4.88. The van der Waals surface area contributed by atoms with E-state index >= 15 is 0 Å². The standard InChI is InChI=1S/C18H24ClN3O5/c1-11-10-20(6-7-21(11)17(24)27-18(3,4)5)16(23)14-8-13(19)9-15(12(14)2)22(25)26/h8-9,11H,6-7,10H2,1-5H3/t11-/m1/s1. The Morgan fingerprint density at radius 3 is 2.44 bits per heavy atom. The highest BCUT2D eigenvalue weighted by atomic mass is 35.5. The Kier molecular flexibility index (Phi) is 5.99. The lowest BCUT2D eigenvalue weighted by atomic mass is 10.0. The van der Waals surface area contributed by atoms with E-state index in [0.29, 0.717) is 19.6 Å². The summed E-state index contributed by atoms with van der Waals surface area (Å²) in [7, 11) is 0. The van der Waals surface area contributed by atoms with Gasteiger partial charge in [-0.25, -0.2) is 4.79 Å². The molecule has 0 aliphatic carbocycles. The molecule has 0 bridgehead atoms. The summed E-state index contributed by atoms with van der Waals surface area (Å²) in [5.74, 6) is -0.339. The van der Waals surface area contributed by atoms with Crippen LogP contribution in [0.3, 0.4) is 0 Å². The second-order valence-corrected chi connectivity index (χ2v) is 8.06. The van der Waals surface area contributed by atoms with Crippen molar-refractivity contribution in [2.45, 2.75) is 46.3 Å². The predicted octanol–water partition coefficient (Wildman–Crippen LogP) is 3.64. The quantitative estimate of drug-likeness (QED) is 0.561. The van der Waals surface area contributed by atoms with Gasteiger partial charge >= 0.3 is 6.09 Å². The molecule has 27 heavy (non-hydrogen) atoms. The van der Waals surface area contributed by atoms with Crippen molar-refractivity contribution in [3.05, 3.63) is 38.4 Å². The maximum Gasteiger partial charge on any atom is 0.410 e. The first-order valence-electron chi connectivity index (χ1n) is 8.64. The number of benzene rings is 1. The minimum Gasteiger partial charge on any atom is -0.444 e. The summed E-state index contributed by atoms with van der Waals surface area (Å²) >= 11 is 5.96. The fraction of sp³-hybridized carbons (Fsp3) is 0.556. The van der Waals surface area contributed by atoms with Crippen LogP contribution in [-0.4, -0.2) is 58.0 Å². The fourth-order valence-electron chi connectivity index (χ4n) is 2.98. The van der Waals surface area contributed by atoms with Gasteiger partial charge in [-0.15, -0.1) is 0 Å². The first kappa shape index (κ1) is 21.0. The third-order valence-corrected chi connectivity index (χ3v) is 4.53. The second-order valence-electron chi connectivity index (χ2n) is 7.63. The molecule has 0 N–H and O–H groups in total. The number of halogens is 1. The summed E-state index contributed by atoms with van der Waals surface area (Å²) in [6.45, 7) is 9.68. The number of amides is 2. The summed E-state index contributed by atoms with van der Waals surface area (Å²) in [5, 5.41) is 11.3. The molecule has 0 aromatic heterocycles. The SMILES string of the molecule is Cc1c(C(=O)N2CCN(C(=O)OC(C)(C)C)[C@H](C)C2)cc(Cl)cc1[N+](=O)[O-]. The Morgan fingerprint density at radius 1 is 1.30 bits per heavy atom. The van der Waals surface area contributed by atoms with E-state index in [1.54, 1.807) is 30.6 Å². The molecule has 148 valence electrons. The Bertz CT molecular complexity index is 775. The van der Waals surface area contributed by atoms with Gasteiger partial charge in [0.05, 0.1) is 10.5 Å². The monoisotopic (exact) mass is 397 g/mol. The lowest BCUT2D eigenvalue weighted by Gasteiger charge is -2.40. The topological polar surface area (TPSA) is 93.0 Å². The molecule has 0 spiro atoms. The van der Waals surface area contributed by atoms with Gasteiger partial charge in [0.15, 0.2) is 0 Å². The molecule has 0 radical (unpaired) electrons. The van der Waals surface area contributed by atoms with Crippen molar-refractivity contribution in [3.8, 4) is 0 Å². The molecule has 2 rings (SSSR count). The van der Waals surface area contributed by atoms with Gasteiger partial charge in [-0.2, -0.15) is 0 Å². The van der Waals surface area contributed by atoms with Crippen molar-refractivity contribution >= 4 is 29.3 Å². The minimum absolute atomic E-state index is 0.135. The summed E-state index contributed by atoms with van der Waals surface area (Å²) in [4.78, 5) is 39.0. The Morgan fingerprint density at radius 2 is 1.93 bits per heavy atom. The van der Waals surface area contributed by atoms with E-state index in [1.807, 2.05) is 6.92 Å². The molecule has 1 aromatic carbocycles. The smallest absolute Gasteiger partial charge is 0.410 e. The second kappa shape index (κ2) is 7.72. The van der Waals surface area contributed by atoms with E-state index in [0.717, 1.165) is 0 Å². The van der Waals surface area contributed by atoms with Crippen LogP contribution in [0.1, 0.15) is 43.6 Å². The first-order valence-corrected chi connectivity index (χ1v) is 9.02. The van der Waals surface area contributed by atoms with E-state index in [2.05, 4.69) is 0 Å².